The van der Waals surface area contributed by atoms with E-state index in [1.807, 2.05) is 6.07 Å². The van der Waals surface area contributed by atoms with Crippen LogP contribution in [0.25, 0.3) is 0 Å². The highest BCUT2D eigenvalue weighted by molar-refractivity contribution is 5.30. The molecule has 1 saturated carbocycles. The first kappa shape index (κ1) is 18.3. The van der Waals surface area contributed by atoms with Crippen molar-refractivity contribution in [2.45, 2.75) is 32.0 Å². The zero-order chi connectivity index (χ0) is 19.0. The zero-order valence-corrected chi connectivity index (χ0v) is 15.5. The third kappa shape index (κ3) is 3.94. The second kappa shape index (κ2) is 7.49. The van der Waals surface area contributed by atoms with Crippen LogP contribution in [0.3, 0.4) is 0 Å². The van der Waals surface area contributed by atoms with E-state index in [0.717, 1.165) is 31.5 Å². The lowest BCUT2D eigenvalue weighted by atomic mass is 10.0. The molecule has 5 heteroatoms. The van der Waals surface area contributed by atoms with E-state index in [1.54, 1.807) is 43.3 Å². The number of aliphatic hydroxyl groups is 1. The summed E-state index contributed by atoms with van der Waals surface area (Å²) in [6.45, 7) is 4.23. The minimum Gasteiger partial charge on any atom is -0.508 e. The Morgan fingerprint density at radius 3 is 2.44 bits per heavy atom. The summed E-state index contributed by atoms with van der Waals surface area (Å²) in [6.07, 6.45) is 1.38. The first-order chi connectivity index (χ1) is 13.0. The number of likely N-dealkylation sites (tertiary alicyclic amines) is 1. The van der Waals surface area contributed by atoms with Gasteiger partial charge in [0, 0.05) is 19.6 Å². The van der Waals surface area contributed by atoms with Crippen LogP contribution in [0.15, 0.2) is 42.5 Å². The van der Waals surface area contributed by atoms with Crippen molar-refractivity contribution in [3.8, 4) is 11.5 Å². The van der Waals surface area contributed by atoms with Crippen LogP contribution >= 0.6 is 0 Å². The number of β-amino-alcohol motifs (C(OH)–C–C–N with tert-alkyl or cyclic N) is 1. The van der Waals surface area contributed by atoms with Crippen molar-refractivity contribution < 1.29 is 19.3 Å². The summed E-state index contributed by atoms with van der Waals surface area (Å²) in [5.41, 5.74) is 1.43. The van der Waals surface area contributed by atoms with Gasteiger partial charge in [0.15, 0.2) is 11.6 Å². The van der Waals surface area contributed by atoms with Gasteiger partial charge in [0.2, 0.25) is 0 Å². The predicted octanol–water partition coefficient (Wildman–Crippen LogP) is 3.66. The van der Waals surface area contributed by atoms with Crippen LogP contribution in [-0.4, -0.2) is 40.9 Å². The van der Waals surface area contributed by atoms with Gasteiger partial charge in [-0.1, -0.05) is 24.3 Å². The molecule has 4 atom stereocenters. The van der Waals surface area contributed by atoms with Crippen LogP contribution in [0.5, 0.6) is 11.5 Å². The molecular formula is C22H26FNO3. The van der Waals surface area contributed by atoms with Crippen molar-refractivity contribution in [3.63, 3.8) is 0 Å². The molecule has 4 rings (SSSR count). The number of hydrogen-bond acceptors (Lipinski definition) is 4. The molecule has 1 heterocycles. The summed E-state index contributed by atoms with van der Waals surface area (Å²) in [4.78, 5) is 2.30. The van der Waals surface area contributed by atoms with Crippen LogP contribution in [0.4, 0.5) is 4.39 Å². The Balaban J connectivity index is 1.30. The number of nitrogens with zero attached hydrogens (tertiary/aromatic N) is 1. The van der Waals surface area contributed by atoms with E-state index in [-0.39, 0.29) is 17.7 Å². The lowest BCUT2D eigenvalue weighted by molar-refractivity contribution is 0.115. The molecule has 2 aromatic rings. The molecule has 0 aromatic heterocycles. The van der Waals surface area contributed by atoms with Crippen molar-refractivity contribution >= 4 is 0 Å². The number of fused-ring (bicyclic) bond motifs is 1. The van der Waals surface area contributed by atoms with E-state index in [2.05, 4.69) is 4.90 Å². The Hall–Kier alpha value is -2.11. The van der Waals surface area contributed by atoms with Crippen LogP contribution < -0.4 is 4.74 Å². The molecular weight excluding hydrogens is 345 g/mol. The maximum Gasteiger partial charge on any atom is 0.167 e. The van der Waals surface area contributed by atoms with Crippen molar-refractivity contribution in [2.75, 3.05) is 19.6 Å². The largest absolute Gasteiger partial charge is 0.508 e. The summed E-state index contributed by atoms with van der Waals surface area (Å²) in [6, 6.07) is 12.0. The predicted molar refractivity (Wildman–Crippen MR) is 101 cm³/mol. The van der Waals surface area contributed by atoms with Gasteiger partial charge in [-0.25, -0.2) is 4.39 Å². The lowest BCUT2D eigenvalue weighted by Gasteiger charge is -2.22. The molecule has 144 valence electrons. The molecule has 4 nitrogen and oxygen atoms in total. The molecule has 2 fully saturated rings. The highest BCUT2D eigenvalue weighted by atomic mass is 19.1. The van der Waals surface area contributed by atoms with Crippen LogP contribution in [0, 0.1) is 24.6 Å². The summed E-state index contributed by atoms with van der Waals surface area (Å²) in [7, 11) is 0. The third-order valence-electron chi connectivity index (χ3n) is 5.94. The average molecular weight is 371 g/mol. The second-order valence-electron chi connectivity index (χ2n) is 7.94. The number of halogens is 1. The van der Waals surface area contributed by atoms with Crippen LogP contribution in [-0.2, 0) is 0 Å². The van der Waals surface area contributed by atoms with Gasteiger partial charge < -0.3 is 14.9 Å². The van der Waals surface area contributed by atoms with Crippen molar-refractivity contribution in [1.82, 2.24) is 4.90 Å². The quantitative estimate of drug-likeness (QED) is 0.842. The Morgan fingerprint density at radius 2 is 1.78 bits per heavy atom. The monoisotopic (exact) mass is 371 g/mol. The molecule has 0 spiro atoms. The topological polar surface area (TPSA) is 52.9 Å². The van der Waals surface area contributed by atoms with Crippen molar-refractivity contribution in [3.05, 3.63) is 59.4 Å². The molecule has 1 unspecified atom stereocenters. The Morgan fingerprint density at radius 1 is 1.11 bits per heavy atom. The number of rotatable bonds is 5. The number of aryl methyl sites for hydroxylation is 1. The minimum absolute atomic E-state index is 0.0699. The highest BCUT2D eigenvalue weighted by Gasteiger charge is 2.42. The standard InChI is InChI=1S/C22H26FNO3/c1-14-3-2-4-21(22(14)23)27-19-9-16-11-24(12-17(16)10-19)13-20(26)15-5-7-18(25)8-6-15/h2-8,16-17,19-20,25-26H,9-13H2,1H3/t16-,17+,19-,20?. The van der Waals surface area contributed by atoms with Crippen molar-refractivity contribution in [2.24, 2.45) is 11.8 Å². The van der Waals surface area contributed by atoms with Gasteiger partial charge in [-0.2, -0.15) is 0 Å². The maximum atomic E-state index is 14.2. The number of benzene rings is 2. The van der Waals surface area contributed by atoms with Crippen LogP contribution in [0.2, 0.25) is 0 Å². The van der Waals surface area contributed by atoms with E-state index in [9.17, 15) is 14.6 Å². The summed E-state index contributed by atoms with van der Waals surface area (Å²) >= 11 is 0. The maximum absolute atomic E-state index is 14.2. The fourth-order valence-electron chi connectivity index (χ4n) is 4.52. The molecule has 1 aliphatic heterocycles. The Bertz CT molecular complexity index is 781. The number of aliphatic hydroxyl groups excluding tert-OH is 1. The van der Waals surface area contributed by atoms with E-state index in [4.69, 9.17) is 4.74 Å². The molecule has 2 N–H and O–H groups in total. The van der Waals surface area contributed by atoms with Gasteiger partial charge in [-0.15, -0.1) is 0 Å². The van der Waals surface area contributed by atoms with Gasteiger partial charge in [0.05, 0.1) is 12.2 Å². The highest BCUT2D eigenvalue weighted by Crippen LogP contribution is 2.40. The second-order valence-corrected chi connectivity index (χ2v) is 7.94. The number of phenolic OH excluding ortho intramolecular Hbond substituents is 1. The first-order valence-electron chi connectivity index (χ1n) is 9.60. The van der Waals surface area contributed by atoms with Gasteiger partial charge in [0.1, 0.15) is 5.75 Å². The smallest absolute Gasteiger partial charge is 0.167 e. The Kier molecular flexibility index (Phi) is 5.06. The van der Waals surface area contributed by atoms with Crippen molar-refractivity contribution in [1.29, 1.82) is 0 Å². The van der Waals surface area contributed by atoms with Gasteiger partial charge in [-0.05, 0) is 60.9 Å². The molecule has 2 aliphatic rings. The summed E-state index contributed by atoms with van der Waals surface area (Å²) < 4.78 is 20.1. The number of phenols is 1. The fourth-order valence-corrected chi connectivity index (χ4v) is 4.52. The third-order valence-corrected chi connectivity index (χ3v) is 5.94. The van der Waals surface area contributed by atoms with Crippen LogP contribution in [0.1, 0.15) is 30.1 Å². The van der Waals surface area contributed by atoms with Gasteiger partial charge in [0.25, 0.3) is 0 Å². The van der Waals surface area contributed by atoms with Gasteiger partial charge >= 0.3 is 0 Å². The van der Waals surface area contributed by atoms with Gasteiger partial charge in [-0.3, -0.25) is 4.90 Å². The SMILES string of the molecule is Cc1cccc(O[C@@H]2C[C@@H]3CN(CC(O)c4ccc(O)cc4)C[C@@H]3C2)c1F. The number of aromatic hydroxyl groups is 1. The molecule has 1 saturated heterocycles. The normalized spacial score (nSPS) is 26.1. The average Bonchev–Trinajstić information content (AvgIpc) is 3.17. The fraction of sp³-hybridized carbons (Fsp3) is 0.455. The molecule has 0 bridgehead atoms. The van der Waals surface area contributed by atoms with E-state index in [1.165, 1.54) is 0 Å². The zero-order valence-electron chi connectivity index (χ0n) is 15.5. The van der Waals surface area contributed by atoms with E-state index < -0.39 is 6.10 Å². The lowest BCUT2D eigenvalue weighted by Crippen LogP contribution is -2.29. The number of hydrogen-bond donors (Lipinski definition) is 2. The van der Waals surface area contributed by atoms with E-state index in [0.29, 0.717) is 29.7 Å². The Labute approximate surface area is 159 Å². The molecule has 1 aliphatic carbocycles. The summed E-state index contributed by atoms with van der Waals surface area (Å²) in [5, 5.41) is 19.8. The molecule has 2 aromatic carbocycles. The minimum atomic E-state index is -0.558. The first-order valence-corrected chi connectivity index (χ1v) is 9.60. The van der Waals surface area contributed by atoms with E-state index >= 15 is 0 Å². The molecule has 0 amide bonds. The summed E-state index contributed by atoms with van der Waals surface area (Å²) in [5.74, 6) is 1.38. The molecule has 0 radical (unpaired) electrons. The number of ether oxygens (including phenoxy) is 1. The molecule has 27 heavy (non-hydrogen) atoms.